The third kappa shape index (κ3) is 8.94. The van der Waals surface area contributed by atoms with E-state index >= 15 is 0 Å². The van der Waals surface area contributed by atoms with Gasteiger partial charge >= 0.3 is 0 Å². The van der Waals surface area contributed by atoms with Crippen molar-refractivity contribution in [3.8, 4) is 17.2 Å². The molecule has 2 N–H and O–H groups in total. The SMILES string of the molecule is CCCCC(CC)CNC(=NCc1cc(OC)c(OC)c(OC)c1)NCC(=O)N(C)C. The monoisotopic (exact) mass is 436 g/mol. The van der Waals surface area contributed by atoms with E-state index in [-0.39, 0.29) is 12.5 Å². The smallest absolute Gasteiger partial charge is 0.241 e. The lowest BCUT2D eigenvalue weighted by molar-refractivity contribution is -0.127. The van der Waals surface area contributed by atoms with Gasteiger partial charge in [0.25, 0.3) is 0 Å². The molecule has 176 valence electrons. The van der Waals surface area contributed by atoms with E-state index < -0.39 is 0 Å². The Morgan fingerprint density at radius 1 is 1.06 bits per heavy atom. The molecule has 0 saturated heterocycles. The molecule has 1 unspecified atom stereocenters. The summed E-state index contributed by atoms with van der Waals surface area (Å²) in [6, 6.07) is 3.76. The van der Waals surface area contributed by atoms with Gasteiger partial charge in [0.05, 0.1) is 34.4 Å². The van der Waals surface area contributed by atoms with Gasteiger partial charge < -0.3 is 29.7 Å². The number of unbranched alkanes of at least 4 members (excludes halogenated alkanes) is 1. The number of amides is 1. The van der Waals surface area contributed by atoms with Gasteiger partial charge in [-0.2, -0.15) is 0 Å². The summed E-state index contributed by atoms with van der Waals surface area (Å²) >= 11 is 0. The molecule has 0 radical (unpaired) electrons. The molecule has 0 aromatic heterocycles. The number of rotatable bonds is 13. The maximum absolute atomic E-state index is 12.0. The van der Waals surface area contributed by atoms with Gasteiger partial charge in [-0.1, -0.05) is 33.1 Å². The van der Waals surface area contributed by atoms with Gasteiger partial charge in [-0.25, -0.2) is 4.99 Å². The van der Waals surface area contributed by atoms with Crippen LogP contribution in [0.4, 0.5) is 0 Å². The molecule has 1 aromatic carbocycles. The number of hydrogen-bond donors (Lipinski definition) is 2. The Labute approximate surface area is 187 Å². The second-order valence-electron chi connectivity index (χ2n) is 7.64. The van der Waals surface area contributed by atoms with Crippen LogP contribution in [0.15, 0.2) is 17.1 Å². The van der Waals surface area contributed by atoms with E-state index in [2.05, 4.69) is 29.5 Å². The first-order valence-corrected chi connectivity index (χ1v) is 10.9. The number of hydrogen-bond acceptors (Lipinski definition) is 5. The van der Waals surface area contributed by atoms with Gasteiger partial charge in [-0.05, 0) is 30.0 Å². The number of guanidine groups is 1. The van der Waals surface area contributed by atoms with Gasteiger partial charge in [-0.15, -0.1) is 0 Å². The predicted octanol–water partition coefficient (Wildman–Crippen LogP) is 3.05. The molecule has 8 nitrogen and oxygen atoms in total. The van der Waals surface area contributed by atoms with Crippen LogP contribution < -0.4 is 24.8 Å². The summed E-state index contributed by atoms with van der Waals surface area (Å²) in [6.07, 6.45) is 4.68. The second kappa shape index (κ2) is 14.4. The summed E-state index contributed by atoms with van der Waals surface area (Å²) in [4.78, 5) is 18.3. The summed E-state index contributed by atoms with van der Waals surface area (Å²) in [5.74, 6) is 2.88. The van der Waals surface area contributed by atoms with Crippen molar-refractivity contribution < 1.29 is 19.0 Å². The number of likely N-dealkylation sites (N-methyl/N-ethyl adjacent to an activating group) is 1. The summed E-state index contributed by atoms with van der Waals surface area (Å²) in [7, 11) is 8.23. The third-order valence-electron chi connectivity index (χ3n) is 5.15. The summed E-state index contributed by atoms with van der Waals surface area (Å²) in [6.45, 7) is 5.80. The highest BCUT2D eigenvalue weighted by molar-refractivity contribution is 5.86. The molecule has 1 rings (SSSR count). The molecule has 31 heavy (non-hydrogen) atoms. The first-order valence-electron chi connectivity index (χ1n) is 10.9. The van der Waals surface area contributed by atoms with E-state index in [1.54, 1.807) is 40.3 Å². The number of benzene rings is 1. The van der Waals surface area contributed by atoms with Crippen LogP contribution in [0, 0.1) is 5.92 Å². The number of nitrogens with zero attached hydrogens (tertiary/aromatic N) is 2. The summed E-state index contributed by atoms with van der Waals surface area (Å²) in [5.41, 5.74) is 0.910. The molecule has 0 aliphatic carbocycles. The predicted molar refractivity (Wildman–Crippen MR) is 125 cm³/mol. The van der Waals surface area contributed by atoms with Crippen molar-refractivity contribution in [1.29, 1.82) is 0 Å². The third-order valence-corrected chi connectivity index (χ3v) is 5.15. The zero-order chi connectivity index (χ0) is 23.2. The van der Waals surface area contributed by atoms with Gasteiger partial charge in [-0.3, -0.25) is 4.79 Å². The molecule has 0 aliphatic heterocycles. The fraction of sp³-hybridized carbons (Fsp3) is 0.652. The van der Waals surface area contributed by atoms with E-state index in [0.717, 1.165) is 18.5 Å². The fourth-order valence-electron chi connectivity index (χ4n) is 3.07. The molecule has 1 aromatic rings. The lowest BCUT2D eigenvalue weighted by atomic mass is 9.99. The van der Waals surface area contributed by atoms with Crippen LogP contribution in [0.1, 0.15) is 45.1 Å². The number of aliphatic imine (C=N–C) groups is 1. The maximum Gasteiger partial charge on any atom is 0.241 e. The Bertz CT molecular complexity index is 682. The molecule has 1 amide bonds. The van der Waals surface area contributed by atoms with Crippen LogP contribution >= 0.6 is 0 Å². The molecule has 0 bridgehead atoms. The zero-order valence-corrected chi connectivity index (χ0v) is 20.2. The van der Waals surface area contributed by atoms with Crippen LogP contribution in [0.2, 0.25) is 0 Å². The molecular formula is C23H40N4O4. The molecule has 0 fully saturated rings. The molecule has 0 aliphatic rings. The number of ether oxygens (including phenoxy) is 3. The number of nitrogens with one attached hydrogen (secondary N) is 2. The van der Waals surface area contributed by atoms with Crippen molar-refractivity contribution >= 4 is 11.9 Å². The largest absolute Gasteiger partial charge is 0.493 e. The van der Waals surface area contributed by atoms with Crippen LogP contribution in [0.3, 0.4) is 0 Å². The molecular weight excluding hydrogens is 396 g/mol. The molecule has 0 saturated carbocycles. The number of carbonyl (C=O) groups excluding carboxylic acids is 1. The molecule has 1 atom stereocenters. The highest BCUT2D eigenvalue weighted by Crippen LogP contribution is 2.38. The quantitative estimate of drug-likeness (QED) is 0.365. The summed E-state index contributed by atoms with van der Waals surface area (Å²) in [5, 5.41) is 6.55. The van der Waals surface area contributed by atoms with E-state index in [1.165, 1.54) is 19.3 Å². The van der Waals surface area contributed by atoms with Crippen LogP contribution in [-0.4, -0.2) is 65.3 Å². The number of methoxy groups -OCH3 is 3. The first kappa shape index (κ1) is 26.4. The topological polar surface area (TPSA) is 84.4 Å². The molecule has 0 heterocycles. The lowest BCUT2D eigenvalue weighted by Crippen LogP contribution is -2.44. The lowest BCUT2D eigenvalue weighted by Gasteiger charge is -2.19. The Balaban J connectivity index is 2.99. The van der Waals surface area contributed by atoms with Crippen LogP contribution in [-0.2, 0) is 11.3 Å². The highest BCUT2D eigenvalue weighted by Gasteiger charge is 2.14. The van der Waals surface area contributed by atoms with Crippen molar-refractivity contribution in [3.05, 3.63) is 17.7 Å². The Morgan fingerprint density at radius 3 is 2.19 bits per heavy atom. The minimum absolute atomic E-state index is 0.0136. The summed E-state index contributed by atoms with van der Waals surface area (Å²) < 4.78 is 16.2. The molecule has 8 heteroatoms. The van der Waals surface area contributed by atoms with Crippen LogP contribution in [0.5, 0.6) is 17.2 Å². The minimum Gasteiger partial charge on any atom is -0.493 e. The van der Waals surface area contributed by atoms with Crippen molar-refractivity contribution in [3.63, 3.8) is 0 Å². The Morgan fingerprint density at radius 2 is 1.71 bits per heavy atom. The Hall–Kier alpha value is -2.64. The zero-order valence-electron chi connectivity index (χ0n) is 20.2. The van der Waals surface area contributed by atoms with Gasteiger partial charge in [0.15, 0.2) is 17.5 Å². The van der Waals surface area contributed by atoms with Crippen molar-refractivity contribution in [2.24, 2.45) is 10.9 Å². The Kier molecular flexibility index (Phi) is 12.2. The normalized spacial score (nSPS) is 12.2. The average Bonchev–Trinajstić information content (AvgIpc) is 2.78. The van der Waals surface area contributed by atoms with E-state index in [9.17, 15) is 4.79 Å². The van der Waals surface area contributed by atoms with Gasteiger partial charge in [0.1, 0.15) is 0 Å². The standard InChI is InChI=1S/C23H40N4O4/c1-8-10-11-17(9-2)14-24-23(26-16-21(28)27(3)4)25-15-18-12-19(29-5)22(31-7)20(13-18)30-6/h12-13,17H,8-11,14-16H2,1-7H3,(H2,24,25,26). The second-order valence-corrected chi connectivity index (χ2v) is 7.64. The van der Waals surface area contributed by atoms with Crippen LogP contribution in [0.25, 0.3) is 0 Å². The minimum atomic E-state index is -0.0136. The van der Waals surface area contributed by atoms with E-state index in [0.29, 0.717) is 35.7 Å². The maximum atomic E-state index is 12.0. The van der Waals surface area contributed by atoms with E-state index in [4.69, 9.17) is 14.2 Å². The van der Waals surface area contributed by atoms with Crippen molar-refractivity contribution in [1.82, 2.24) is 15.5 Å². The fourth-order valence-corrected chi connectivity index (χ4v) is 3.07. The van der Waals surface area contributed by atoms with E-state index in [1.807, 2.05) is 12.1 Å². The van der Waals surface area contributed by atoms with Crippen molar-refractivity contribution in [2.75, 3.05) is 48.5 Å². The van der Waals surface area contributed by atoms with Gasteiger partial charge in [0, 0.05) is 20.6 Å². The molecule has 0 spiro atoms. The van der Waals surface area contributed by atoms with Gasteiger partial charge in [0.2, 0.25) is 11.7 Å². The highest BCUT2D eigenvalue weighted by atomic mass is 16.5. The first-order chi connectivity index (χ1) is 14.9. The van der Waals surface area contributed by atoms with Crippen molar-refractivity contribution in [2.45, 2.75) is 46.1 Å². The number of carbonyl (C=O) groups is 1. The average molecular weight is 437 g/mol.